The maximum absolute atomic E-state index is 13.4. The lowest BCUT2D eigenvalue weighted by molar-refractivity contribution is 0.255. The summed E-state index contributed by atoms with van der Waals surface area (Å²) in [5.41, 5.74) is 4.40. The number of halogens is 1. The van der Waals surface area contributed by atoms with Crippen molar-refractivity contribution in [3.05, 3.63) is 35.3 Å². The SMILES string of the molecule is Fc1ccc2[nH]c3c(c2c1)CC1(CCCC1)CC3. The molecule has 0 atom stereocenters. The van der Waals surface area contributed by atoms with Gasteiger partial charge in [0.1, 0.15) is 5.82 Å². The van der Waals surface area contributed by atoms with Gasteiger partial charge in [-0.2, -0.15) is 0 Å². The summed E-state index contributed by atoms with van der Waals surface area (Å²) in [6.07, 6.45) is 9.12. The van der Waals surface area contributed by atoms with E-state index in [1.54, 1.807) is 12.1 Å². The van der Waals surface area contributed by atoms with Gasteiger partial charge in [0.2, 0.25) is 0 Å². The summed E-state index contributed by atoms with van der Waals surface area (Å²) in [4.78, 5) is 3.48. The molecule has 1 heterocycles. The second-order valence-corrected chi connectivity index (χ2v) is 6.16. The van der Waals surface area contributed by atoms with E-state index in [2.05, 4.69) is 4.98 Å². The Bertz CT molecular complexity index is 605. The van der Waals surface area contributed by atoms with Gasteiger partial charge in [-0.25, -0.2) is 4.39 Å². The van der Waals surface area contributed by atoms with Crippen molar-refractivity contribution in [2.75, 3.05) is 0 Å². The monoisotopic (exact) mass is 243 g/mol. The summed E-state index contributed by atoms with van der Waals surface area (Å²) in [5.74, 6) is -0.115. The van der Waals surface area contributed by atoms with Crippen LogP contribution in [0.1, 0.15) is 43.4 Å². The van der Waals surface area contributed by atoms with Crippen molar-refractivity contribution in [2.45, 2.75) is 44.9 Å². The van der Waals surface area contributed by atoms with Crippen LogP contribution >= 0.6 is 0 Å². The average Bonchev–Trinajstić information content (AvgIpc) is 2.95. The Labute approximate surface area is 106 Å². The number of hydrogen-bond donors (Lipinski definition) is 1. The van der Waals surface area contributed by atoms with E-state index in [4.69, 9.17) is 0 Å². The van der Waals surface area contributed by atoms with E-state index in [1.807, 2.05) is 6.07 Å². The molecule has 1 N–H and O–H groups in total. The molecule has 1 aromatic heterocycles. The lowest BCUT2D eigenvalue weighted by Gasteiger charge is -2.33. The summed E-state index contributed by atoms with van der Waals surface area (Å²) in [6.45, 7) is 0. The van der Waals surface area contributed by atoms with E-state index in [0.717, 1.165) is 23.7 Å². The van der Waals surface area contributed by atoms with Gasteiger partial charge in [0.25, 0.3) is 0 Å². The predicted molar refractivity (Wildman–Crippen MR) is 71.2 cm³/mol. The molecule has 94 valence electrons. The zero-order valence-corrected chi connectivity index (χ0v) is 10.6. The van der Waals surface area contributed by atoms with Gasteiger partial charge >= 0.3 is 0 Å². The van der Waals surface area contributed by atoms with Crippen molar-refractivity contribution in [1.29, 1.82) is 0 Å². The van der Waals surface area contributed by atoms with Crippen LogP contribution in [0.25, 0.3) is 10.9 Å². The van der Waals surface area contributed by atoms with Crippen molar-refractivity contribution in [1.82, 2.24) is 4.98 Å². The molecular formula is C16H18FN. The third-order valence-electron chi connectivity index (χ3n) is 5.08. The van der Waals surface area contributed by atoms with E-state index in [0.29, 0.717) is 5.41 Å². The molecule has 0 aliphatic heterocycles. The zero-order valence-electron chi connectivity index (χ0n) is 10.6. The van der Waals surface area contributed by atoms with Crippen LogP contribution in [0, 0.1) is 11.2 Å². The van der Waals surface area contributed by atoms with Crippen molar-refractivity contribution in [3.63, 3.8) is 0 Å². The lowest BCUT2D eigenvalue weighted by atomic mass is 9.72. The average molecular weight is 243 g/mol. The molecule has 1 fully saturated rings. The Morgan fingerprint density at radius 2 is 1.94 bits per heavy atom. The Balaban J connectivity index is 1.86. The number of aryl methyl sites for hydroxylation is 1. The molecular weight excluding hydrogens is 225 g/mol. The van der Waals surface area contributed by atoms with E-state index < -0.39 is 0 Å². The molecule has 2 aliphatic rings. The highest BCUT2D eigenvalue weighted by Crippen LogP contribution is 2.49. The number of nitrogens with one attached hydrogen (secondary N) is 1. The Kier molecular flexibility index (Phi) is 2.12. The van der Waals surface area contributed by atoms with Gasteiger partial charge in [-0.3, -0.25) is 0 Å². The van der Waals surface area contributed by atoms with E-state index in [1.165, 1.54) is 43.4 Å². The Morgan fingerprint density at radius 3 is 2.78 bits per heavy atom. The van der Waals surface area contributed by atoms with Crippen molar-refractivity contribution < 1.29 is 4.39 Å². The Morgan fingerprint density at radius 1 is 1.11 bits per heavy atom. The highest BCUT2D eigenvalue weighted by atomic mass is 19.1. The quantitative estimate of drug-likeness (QED) is 0.707. The summed E-state index contributed by atoms with van der Waals surface area (Å²) >= 11 is 0. The van der Waals surface area contributed by atoms with Crippen LogP contribution in [0.5, 0.6) is 0 Å². The van der Waals surface area contributed by atoms with Gasteiger partial charge in [-0.05, 0) is 61.3 Å². The number of hydrogen-bond acceptors (Lipinski definition) is 0. The molecule has 0 bridgehead atoms. The topological polar surface area (TPSA) is 15.8 Å². The van der Waals surface area contributed by atoms with Crippen LogP contribution in [0.4, 0.5) is 4.39 Å². The second kappa shape index (κ2) is 3.59. The van der Waals surface area contributed by atoms with Crippen LogP contribution in [-0.2, 0) is 12.8 Å². The van der Waals surface area contributed by atoms with Gasteiger partial charge < -0.3 is 4.98 Å². The highest BCUT2D eigenvalue weighted by Gasteiger charge is 2.38. The van der Waals surface area contributed by atoms with Gasteiger partial charge in [-0.1, -0.05) is 12.8 Å². The minimum Gasteiger partial charge on any atom is -0.358 e. The van der Waals surface area contributed by atoms with Crippen molar-refractivity contribution in [3.8, 4) is 0 Å². The predicted octanol–water partition coefficient (Wildman–Crippen LogP) is 4.36. The lowest BCUT2D eigenvalue weighted by Crippen LogP contribution is -2.25. The molecule has 1 spiro atoms. The van der Waals surface area contributed by atoms with E-state index >= 15 is 0 Å². The fourth-order valence-corrected chi connectivity index (χ4v) is 4.10. The molecule has 2 aromatic rings. The van der Waals surface area contributed by atoms with Gasteiger partial charge in [0.15, 0.2) is 0 Å². The molecule has 0 radical (unpaired) electrons. The number of rotatable bonds is 0. The second-order valence-electron chi connectivity index (χ2n) is 6.16. The van der Waals surface area contributed by atoms with Crippen LogP contribution in [-0.4, -0.2) is 4.98 Å². The first kappa shape index (κ1) is 10.6. The Hall–Kier alpha value is -1.31. The van der Waals surface area contributed by atoms with Crippen molar-refractivity contribution in [2.24, 2.45) is 5.41 Å². The van der Waals surface area contributed by atoms with E-state index in [-0.39, 0.29) is 5.82 Å². The summed E-state index contributed by atoms with van der Waals surface area (Å²) in [5, 5.41) is 1.12. The highest BCUT2D eigenvalue weighted by molar-refractivity contribution is 5.85. The number of aromatic amines is 1. The molecule has 1 nitrogen and oxygen atoms in total. The molecule has 18 heavy (non-hydrogen) atoms. The minimum atomic E-state index is -0.115. The molecule has 1 aromatic carbocycles. The molecule has 2 aliphatic carbocycles. The fraction of sp³-hybridized carbons (Fsp3) is 0.500. The molecule has 4 rings (SSSR count). The smallest absolute Gasteiger partial charge is 0.123 e. The van der Waals surface area contributed by atoms with Gasteiger partial charge in [-0.15, -0.1) is 0 Å². The van der Waals surface area contributed by atoms with Crippen LogP contribution in [0.15, 0.2) is 18.2 Å². The standard InChI is InChI=1S/C16H18FN/c17-11-3-4-14-12(9-11)13-10-16(6-1-2-7-16)8-5-15(13)18-14/h3-4,9,18H,1-2,5-8,10H2. The zero-order chi connectivity index (χ0) is 12.2. The van der Waals surface area contributed by atoms with E-state index in [9.17, 15) is 4.39 Å². The first-order valence-electron chi connectivity index (χ1n) is 7.05. The molecule has 0 amide bonds. The third kappa shape index (κ3) is 1.44. The number of H-pyrrole nitrogens is 1. The maximum atomic E-state index is 13.4. The number of benzene rings is 1. The number of fused-ring (bicyclic) bond motifs is 3. The summed E-state index contributed by atoms with van der Waals surface area (Å²) < 4.78 is 13.4. The van der Waals surface area contributed by atoms with Crippen LogP contribution in [0.2, 0.25) is 0 Å². The summed E-state index contributed by atoms with van der Waals surface area (Å²) in [7, 11) is 0. The minimum absolute atomic E-state index is 0.115. The van der Waals surface area contributed by atoms with Crippen LogP contribution in [0.3, 0.4) is 0 Å². The third-order valence-corrected chi connectivity index (χ3v) is 5.08. The number of aromatic nitrogens is 1. The van der Waals surface area contributed by atoms with Gasteiger partial charge in [0.05, 0.1) is 0 Å². The molecule has 1 saturated carbocycles. The fourth-order valence-electron chi connectivity index (χ4n) is 4.10. The van der Waals surface area contributed by atoms with Gasteiger partial charge in [0, 0.05) is 16.6 Å². The molecule has 0 saturated heterocycles. The first-order chi connectivity index (χ1) is 8.76. The summed E-state index contributed by atoms with van der Waals surface area (Å²) in [6, 6.07) is 5.14. The van der Waals surface area contributed by atoms with Crippen molar-refractivity contribution >= 4 is 10.9 Å². The van der Waals surface area contributed by atoms with Crippen LogP contribution < -0.4 is 0 Å². The normalized spacial score (nSPS) is 21.6. The molecule has 2 heteroatoms. The largest absolute Gasteiger partial charge is 0.358 e. The molecule has 0 unspecified atom stereocenters. The maximum Gasteiger partial charge on any atom is 0.123 e. The first-order valence-corrected chi connectivity index (χ1v) is 7.05.